The van der Waals surface area contributed by atoms with Crippen molar-refractivity contribution in [1.82, 2.24) is 29.8 Å². The number of carbonyl (C=O) groups is 3. The second kappa shape index (κ2) is 12.4. The minimum atomic E-state index is -1.23. The van der Waals surface area contributed by atoms with Gasteiger partial charge >= 0.3 is 5.91 Å². The molecule has 6 bridgehead atoms. The Bertz CT molecular complexity index is 2110. The van der Waals surface area contributed by atoms with Crippen LogP contribution in [0, 0.1) is 5.82 Å². The lowest BCUT2D eigenvalue weighted by Crippen LogP contribution is -2.62. The Morgan fingerprint density at radius 1 is 1.10 bits per heavy atom. The first-order valence-electron chi connectivity index (χ1n) is 16.1. The van der Waals surface area contributed by atoms with Gasteiger partial charge in [0.2, 0.25) is 5.91 Å². The number of carbonyl (C=O) groups excluding carboxylic acids is 3. The summed E-state index contributed by atoms with van der Waals surface area (Å²) in [7, 11) is 3.64. The van der Waals surface area contributed by atoms with Crippen molar-refractivity contribution in [3.05, 3.63) is 95.7 Å². The quantitative estimate of drug-likeness (QED) is 0.266. The van der Waals surface area contributed by atoms with Gasteiger partial charge in [-0.3, -0.25) is 18.8 Å². The molecule has 0 saturated carbocycles. The van der Waals surface area contributed by atoms with Crippen molar-refractivity contribution < 1.29 is 28.0 Å². The number of ether oxygens (including phenoxy) is 1. The SMILES string of the molecule is C[C@@]12C[C@@H](CN1C(=O)c1cnn(-c3ccc(F)cc3Cl)c1)Oc1cccc(c1)-c1cccc3nn(cc13)CC(=O)NCCC[N+](C)(C)C2=O. The molecule has 7 rings (SSSR count). The van der Waals surface area contributed by atoms with E-state index in [9.17, 15) is 18.8 Å². The second-order valence-electron chi connectivity index (χ2n) is 13.4. The molecule has 11 nitrogen and oxygen atoms in total. The first-order valence-corrected chi connectivity index (χ1v) is 16.5. The van der Waals surface area contributed by atoms with Crippen LogP contribution in [0.5, 0.6) is 5.75 Å². The van der Waals surface area contributed by atoms with Crippen molar-refractivity contribution >= 4 is 40.2 Å². The molecular weight excluding hydrogens is 649 g/mol. The molecule has 0 aliphatic carbocycles. The molecule has 2 aliphatic rings. The summed E-state index contributed by atoms with van der Waals surface area (Å²) >= 11 is 6.27. The predicted molar refractivity (Wildman–Crippen MR) is 182 cm³/mol. The fraction of sp³-hybridized carbons (Fsp3) is 0.306. The summed E-state index contributed by atoms with van der Waals surface area (Å²) in [6.07, 6.45) is 5.13. The van der Waals surface area contributed by atoms with Gasteiger partial charge in [0, 0.05) is 37.2 Å². The number of amides is 3. The third-order valence-corrected chi connectivity index (χ3v) is 9.72. The number of quaternary nitrogens is 1. The Morgan fingerprint density at radius 3 is 2.73 bits per heavy atom. The minimum Gasteiger partial charge on any atom is -0.488 e. The third kappa shape index (κ3) is 6.17. The van der Waals surface area contributed by atoms with Gasteiger partial charge in [-0.1, -0.05) is 35.9 Å². The zero-order chi connectivity index (χ0) is 34.5. The van der Waals surface area contributed by atoms with Gasteiger partial charge in [-0.25, -0.2) is 13.9 Å². The number of fused-ring (bicyclic) bond motifs is 6. The highest BCUT2D eigenvalue weighted by molar-refractivity contribution is 6.32. The Morgan fingerprint density at radius 2 is 1.92 bits per heavy atom. The maximum absolute atomic E-state index is 14.5. The maximum atomic E-state index is 14.5. The van der Waals surface area contributed by atoms with E-state index in [0.29, 0.717) is 30.9 Å². The molecule has 2 aliphatic heterocycles. The van der Waals surface area contributed by atoms with Crippen molar-refractivity contribution in [3.63, 3.8) is 0 Å². The zero-order valence-corrected chi connectivity index (χ0v) is 28.2. The van der Waals surface area contributed by atoms with Gasteiger partial charge in [0.25, 0.3) is 5.91 Å². The fourth-order valence-corrected chi connectivity index (χ4v) is 7.27. The molecule has 4 heterocycles. The van der Waals surface area contributed by atoms with Gasteiger partial charge in [-0.2, -0.15) is 10.2 Å². The van der Waals surface area contributed by atoms with Crippen LogP contribution in [0.2, 0.25) is 5.02 Å². The highest BCUT2D eigenvalue weighted by Gasteiger charge is 2.56. The monoisotopic (exact) mass is 684 g/mol. The van der Waals surface area contributed by atoms with E-state index >= 15 is 0 Å². The van der Waals surface area contributed by atoms with E-state index in [2.05, 4.69) is 15.5 Å². The molecule has 13 heteroatoms. The molecule has 0 radical (unpaired) electrons. The van der Waals surface area contributed by atoms with Gasteiger partial charge < -0.3 is 15.0 Å². The predicted octanol–water partition coefficient (Wildman–Crippen LogP) is 4.86. The summed E-state index contributed by atoms with van der Waals surface area (Å²) in [6.45, 7) is 2.82. The topological polar surface area (TPSA) is 111 Å². The molecule has 2 aromatic heterocycles. The number of nitrogens with one attached hydrogen (secondary N) is 1. The van der Waals surface area contributed by atoms with Crippen molar-refractivity contribution in [2.75, 3.05) is 33.7 Å². The molecule has 1 N–H and O–H groups in total. The molecular formula is C36H36ClFN7O4+. The number of aromatic nitrogens is 4. The number of halogens is 2. The Balaban J connectivity index is 1.25. The van der Waals surface area contributed by atoms with E-state index in [0.717, 1.165) is 22.0 Å². The number of rotatable bonds is 2. The molecule has 3 aromatic carbocycles. The van der Waals surface area contributed by atoms with Crippen molar-refractivity contribution in [1.29, 1.82) is 0 Å². The highest BCUT2D eigenvalue weighted by atomic mass is 35.5. The molecule has 1 fully saturated rings. The lowest BCUT2D eigenvalue weighted by atomic mass is 9.94. The normalized spacial score (nSPS) is 21.2. The van der Waals surface area contributed by atoms with Crippen LogP contribution >= 0.6 is 11.6 Å². The average molecular weight is 685 g/mol. The summed E-state index contributed by atoms with van der Waals surface area (Å²) in [5, 5.41) is 13.0. The Labute approximate surface area is 287 Å². The molecule has 49 heavy (non-hydrogen) atoms. The van der Waals surface area contributed by atoms with E-state index in [1.807, 2.05) is 62.8 Å². The molecule has 3 amide bonds. The first-order chi connectivity index (χ1) is 23.4. The molecule has 0 spiro atoms. The standard InChI is InChI=1S/C36H35ClFN7O4/c1-36-17-27(20-43(36)34(47)24-18-40-44(19-24)32-12-11-25(38)16-30(32)37)49-26-8-4-7-23(15-26)28-9-5-10-31-29(28)21-42(41-31)22-33(46)39-13-6-14-45(2,3)35(36)48/h4-5,7-12,15-16,18-19,21,27H,6,13-14,17,20,22H2,1-3H3/p+1/t27-,36-/m0/s1. The van der Waals surface area contributed by atoms with Crippen LogP contribution in [0.15, 0.2) is 79.3 Å². The van der Waals surface area contributed by atoms with E-state index in [1.165, 1.54) is 35.3 Å². The number of benzene rings is 3. The molecule has 252 valence electrons. The summed E-state index contributed by atoms with van der Waals surface area (Å²) < 4.78 is 23.3. The summed E-state index contributed by atoms with van der Waals surface area (Å²) in [4.78, 5) is 43.2. The van der Waals surface area contributed by atoms with Gasteiger partial charge in [-0.15, -0.1) is 0 Å². The van der Waals surface area contributed by atoms with Crippen LogP contribution in [0.3, 0.4) is 0 Å². The van der Waals surface area contributed by atoms with Gasteiger partial charge in [0.05, 0.1) is 55.2 Å². The van der Waals surface area contributed by atoms with Gasteiger partial charge in [0.1, 0.15) is 24.2 Å². The molecule has 0 unspecified atom stereocenters. The largest absolute Gasteiger partial charge is 0.488 e. The summed E-state index contributed by atoms with van der Waals surface area (Å²) in [5.74, 6) is -0.614. The fourth-order valence-electron chi connectivity index (χ4n) is 7.01. The van der Waals surface area contributed by atoms with Crippen LogP contribution in [0.1, 0.15) is 30.1 Å². The van der Waals surface area contributed by atoms with Gasteiger partial charge in [0.15, 0.2) is 5.54 Å². The number of nitrogens with zero attached hydrogens (tertiary/aromatic N) is 6. The van der Waals surface area contributed by atoms with Crippen molar-refractivity contribution in [2.24, 2.45) is 0 Å². The number of hydrogen-bond donors (Lipinski definition) is 1. The van der Waals surface area contributed by atoms with Crippen LogP contribution in [-0.2, 0) is 16.1 Å². The smallest absolute Gasteiger partial charge is 0.338 e. The van der Waals surface area contributed by atoms with Crippen molar-refractivity contribution in [3.8, 4) is 22.6 Å². The average Bonchev–Trinajstić information content (AvgIpc) is 3.79. The van der Waals surface area contributed by atoms with Crippen LogP contribution in [0.25, 0.3) is 27.7 Å². The summed E-state index contributed by atoms with van der Waals surface area (Å²) in [6, 6.07) is 17.5. The first kappa shape index (κ1) is 32.5. The summed E-state index contributed by atoms with van der Waals surface area (Å²) in [5.41, 5.74) is 2.04. The van der Waals surface area contributed by atoms with Crippen LogP contribution in [-0.4, -0.2) is 92.0 Å². The lowest BCUT2D eigenvalue weighted by Gasteiger charge is -2.38. The van der Waals surface area contributed by atoms with Crippen LogP contribution < -0.4 is 10.1 Å². The molecule has 2 atom stereocenters. The molecule has 1 saturated heterocycles. The van der Waals surface area contributed by atoms with E-state index in [4.69, 9.17) is 16.3 Å². The van der Waals surface area contributed by atoms with E-state index < -0.39 is 23.4 Å². The number of hydrogen-bond acceptors (Lipinski definition) is 6. The van der Waals surface area contributed by atoms with Crippen molar-refractivity contribution in [2.45, 2.75) is 38.0 Å². The maximum Gasteiger partial charge on any atom is 0.338 e. The highest BCUT2D eigenvalue weighted by Crippen LogP contribution is 2.37. The second-order valence-corrected chi connectivity index (χ2v) is 13.8. The Kier molecular flexibility index (Phi) is 8.24. The number of likely N-dealkylation sites (tertiary alicyclic amines) is 1. The van der Waals surface area contributed by atoms with E-state index in [-0.39, 0.29) is 46.4 Å². The van der Waals surface area contributed by atoms with Gasteiger partial charge in [-0.05, 0) is 54.4 Å². The lowest BCUT2D eigenvalue weighted by molar-refractivity contribution is -0.816. The Hall–Kier alpha value is -5.07. The number of likely N-dealkylation sites (N-methyl/N-ethyl adjacent to an activating group) is 1. The van der Waals surface area contributed by atoms with Crippen LogP contribution in [0.4, 0.5) is 4.39 Å². The van der Waals surface area contributed by atoms with E-state index in [1.54, 1.807) is 16.5 Å². The third-order valence-electron chi connectivity index (χ3n) is 9.42. The minimum absolute atomic E-state index is 0.0187. The zero-order valence-electron chi connectivity index (χ0n) is 27.4. The molecule has 5 aromatic rings.